The predicted molar refractivity (Wildman–Crippen MR) is 81.5 cm³/mol. The van der Waals surface area contributed by atoms with Gasteiger partial charge in [-0.3, -0.25) is 0 Å². The van der Waals surface area contributed by atoms with Gasteiger partial charge in [-0.05, 0) is 43.3 Å². The minimum atomic E-state index is -0.525. The Bertz CT molecular complexity index is 677. The van der Waals surface area contributed by atoms with Crippen molar-refractivity contribution in [2.24, 2.45) is 0 Å². The van der Waals surface area contributed by atoms with Gasteiger partial charge in [-0.15, -0.1) is 0 Å². The molecule has 2 aromatic carbocycles. The molecular weight excluding hydrogens is 295 g/mol. The lowest BCUT2D eigenvalue weighted by Gasteiger charge is -2.10. The van der Waals surface area contributed by atoms with Gasteiger partial charge in [0.05, 0.1) is 17.2 Å². The van der Waals surface area contributed by atoms with Gasteiger partial charge in [0.2, 0.25) is 0 Å². The molecule has 3 N–H and O–H groups in total. The van der Waals surface area contributed by atoms with Crippen molar-refractivity contribution in [2.75, 3.05) is 17.7 Å². The molecule has 0 heterocycles. The van der Waals surface area contributed by atoms with Gasteiger partial charge in [-0.25, -0.2) is 9.18 Å². The van der Waals surface area contributed by atoms with Crippen LogP contribution in [0.1, 0.15) is 17.3 Å². The molecule has 6 heteroatoms. The van der Waals surface area contributed by atoms with E-state index in [1.165, 1.54) is 12.1 Å². The Morgan fingerprint density at radius 3 is 2.62 bits per heavy atom. The Kier molecular flexibility index (Phi) is 4.65. The quantitative estimate of drug-likeness (QED) is 0.662. The lowest BCUT2D eigenvalue weighted by atomic mass is 10.1. The van der Waals surface area contributed by atoms with Crippen LogP contribution in [-0.2, 0) is 4.74 Å². The van der Waals surface area contributed by atoms with Crippen LogP contribution in [0.4, 0.5) is 21.5 Å². The molecule has 0 saturated carbocycles. The Balaban J connectivity index is 2.26. The summed E-state index contributed by atoms with van der Waals surface area (Å²) >= 11 is 5.63. The molecular formula is C15H14ClFN2O2. The van der Waals surface area contributed by atoms with E-state index < -0.39 is 11.8 Å². The zero-order chi connectivity index (χ0) is 15.4. The monoisotopic (exact) mass is 308 g/mol. The molecule has 0 radical (unpaired) electrons. The minimum Gasteiger partial charge on any atom is -0.462 e. The highest BCUT2D eigenvalue weighted by Crippen LogP contribution is 2.24. The smallest absolute Gasteiger partial charge is 0.340 e. The summed E-state index contributed by atoms with van der Waals surface area (Å²) in [6.45, 7) is 1.98. The van der Waals surface area contributed by atoms with E-state index in [9.17, 15) is 9.18 Å². The van der Waals surface area contributed by atoms with Crippen LogP contribution < -0.4 is 11.1 Å². The van der Waals surface area contributed by atoms with Crippen LogP contribution in [0.2, 0.25) is 5.02 Å². The molecule has 2 rings (SSSR count). The zero-order valence-corrected chi connectivity index (χ0v) is 12.1. The summed E-state index contributed by atoms with van der Waals surface area (Å²) in [4.78, 5) is 11.8. The largest absolute Gasteiger partial charge is 0.462 e. The van der Waals surface area contributed by atoms with E-state index in [4.69, 9.17) is 22.1 Å². The van der Waals surface area contributed by atoms with Crippen molar-refractivity contribution < 1.29 is 13.9 Å². The number of carbonyl (C=O) groups is 1. The van der Waals surface area contributed by atoms with Gasteiger partial charge in [0, 0.05) is 17.1 Å². The van der Waals surface area contributed by atoms with Crippen molar-refractivity contribution in [1.82, 2.24) is 0 Å². The van der Waals surface area contributed by atoms with E-state index >= 15 is 0 Å². The predicted octanol–water partition coefficient (Wildman–Crippen LogP) is 3.98. The van der Waals surface area contributed by atoms with E-state index in [1.54, 1.807) is 31.2 Å². The summed E-state index contributed by atoms with van der Waals surface area (Å²) in [6, 6.07) is 9.17. The SMILES string of the molecule is CCOC(=O)c1cc(Nc2ccc(Cl)c(F)c2)ccc1N. The second kappa shape index (κ2) is 6.45. The van der Waals surface area contributed by atoms with Crippen LogP contribution in [0.3, 0.4) is 0 Å². The normalized spacial score (nSPS) is 10.2. The first-order valence-electron chi connectivity index (χ1n) is 6.30. The third-order valence-corrected chi connectivity index (χ3v) is 3.06. The lowest BCUT2D eigenvalue weighted by molar-refractivity contribution is 0.0527. The average Bonchev–Trinajstić information content (AvgIpc) is 2.45. The van der Waals surface area contributed by atoms with Gasteiger partial charge in [-0.1, -0.05) is 11.6 Å². The second-order valence-corrected chi connectivity index (χ2v) is 4.68. The van der Waals surface area contributed by atoms with Crippen LogP contribution in [0.25, 0.3) is 0 Å². The standard InChI is InChI=1S/C15H14ClFN2O2/c1-2-21-15(20)11-7-9(4-6-14(11)18)19-10-3-5-12(16)13(17)8-10/h3-8,19H,2,18H2,1H3. The highest BCUT2D eigenvalue weighted by Gasteiger charge is 2.12. The molecule has 110 valence electrons. The second-order valence-electron chi connectivity index (χ2n) is 4.28. The maximum atomic E-state index is 13.4. The number of benzene rings is 2. The maximum absolute atomic E-state index is 13.4. The fourth-order valence-corrected chi connectivity index (χ4v) is 1.88. The summed E-state index contributed by atoms with van der Waals surface area (Å²) in [7, 11) is 0. The van der Waals surface area contributed by atoms with E-state index in [-0.39, 0.29) is 17.2 Å². The van der Waals surface area contributed by atoms with Gasteiger partial charge >= 0.3 is 5.97 Å². The molecule has 0 amide bonds. The number of nitrogens with one attached hydrogen (secondary N) is 1. The molecule has 0 saturated heterocycles. The molecule has 4 nitrogen and oxygen atoms in total. The maximum Gasteiger partial charge on any atom is 0.340 e. The van der Waals surface area contributed by atoms with Crippen molar-refractivity contribution in [3.63, 3.8) is 0 Å². The number of rotatable bonds is 4. The number of nitrogen functional groups attached to an aromatic ring is 1. The number of esters is 1. The summed E-state index contributed by atoms with van der Waals surface area (Å²) in [6.07, 6.45) is 0. The number of anilines is 3. The first kappa shape index (κ1) is 15.1. The lowest BCUT2D eigenvalue weighted by Crippen LogP contribution is -2.08. The number of nitrogens with two attached hydrogens (primary N) is 1. The molecule has 0 atom stereocenters. The summed E-state index contributed by atoms with van der Waals surface area (Å²) in [5.41, 5.74) is 7.44. The topological polar surface area (TPSA) is 64.3 Å². The number of hydrogen-bond acceptors (Lipinski definition) is 4. The van der Waals surface area contributed by atoms with Crippen molar-refractivity contribution in [3.8, 4) is 0 Å². The van der Waals surface area contributed by atoms with E-state index in [1.807, 2.05) is 0 Å². The molecule has 21 heavy (non-hydrogen) atoms. The number of halogens is 2. The highest BCUT2D eigenvalue weighted by atomic mass is 35.5. The Labute approximate surface area is 126 Å². The highest BCUT2D eigenvalue weighted by molar-refractivity contribution is 6.30. The van der Waals surface area contributed by atoms with Gasteiger partial charge in [0.25, 0.3) is 0 Å². The van der Waals surface area contributed by atoms with Crippen LogP contribution in [0, 0.1) is 5.82 Å². The molecule has 0 fully saturated rings. The Morgan fingerprint density at radius 1 is 1.29 bits per heavy atom. The van der Waals surface area contributed by atoms with Crippen molar-refractivity contribution in [1.29, 1.82) is 0 Å². The first-order chi connectivity index (χ1) is 10.0. The zero-order valence-electron chi connectivity index (χ0n) is 11.3. The fraction of sp³-hybridized carbons (Fsp3) is 0.133. The molecule has 0 bridgehead atoms. The molecule has 2 aromatic rings. The molecule has 0 spiro atoms. The van der Waals surface area contributed by atoms with Crippen molar-refractivity contribution in [3.05, 3.63) is 52.8 Å². The molecule has 0 unspecified atom stereocenters. The van der Waals surface area contributed by atoms with Gasteiger partial charge < -0.3 is 15.8 Å². The van der Waals surface area contributed by atoms with E-state index in [2.05, 4.69) is 5.32 Å². The number of ether oxygens (including phenoxy) is 1. The molecule has 0 aliphatic carbocycles. The van der Waals surface area contributed by atoms with Crippen molar-refractivity contribution in [2.45, 2.75) is 6.92 Å². The van der Waals surface area contributed by atoms with Crippen LogP contribution in [0.15, 0.2) is 36.4 Å². The summed E-state index contributed by atoms with van der Waals surface area (Å²) < 4.78 is 18.3. The number of carbonyl (C=O) groups excluding carboxylic acids is 1. The summed E-state index contributed by atoms with van der Waals surface area (Å²) in [5.74, 6) is -1.02. The van der Waals surface area contributed by atoms with Crippen LogP contribution >= 0.6 is 11.6 Å². The minimum absolute atomic E-state index is 0.0464. The Morgan fingerprint density at radius 2 is 1.95 bits per heavy atom. The first-order valence-corrected chi connectivity index (χ1v) is 6.67. The van der Waals surface area contributed by atoms with Crippen LogP contribution in [-0.4, -0.2) is 12.6 Å². The van der Waals surface area contributed by atoms with Crippen molar-refractivity contribution >= 4 is 34.6 Å². The molecule has 0 aromatic heterocycles. The van der Waals surface area contributed by atoms with Gasteiger partial charge in [0.15, 0.2) is 0 Å². The van der Waals surface area contributed by atoms with Gasteiger partial charge in [-0.2, -0.15) is 0 Å². The number of hydrogen-bond donors (Lipinski definition) is 2. The third kappa shape index (κ3) is 3.64. The van der Waals surface area contributed by atoms with Gasteiger partial charge in [0.1, 0.15) is 5.82 Å². The molecule has 0 aliphatic rings. The summed E-state index contributed by atoms with van der Waals surface area (Å²) in [5, 5.41) is 3.02. The third-order valence-electron chi connectivity index (χ3n) is 2.76. The fourth-order valence-electron chi connectivity index (χ4n) is 1.76. The van der Waals surface area contributed by atoms with E-state index in [0.29, 0.717) is 17.1 Å². The van der Waals surface area contributed by atoms with E-state index in [0.717, 1.165) is 0 Å². The average molecular weight is 309 g/mol. The Hall–Kier alpha value is -2.27. The van der Waals surface area contributed by atoms with Crippen LogP contribution in [0.5, 0.6) is 0 Å². The molecule has 0 aliphatic heterocycles.